The summed E-state index contributed by atoms with van der Waals surface area (Å²) < 4.78 is 6.02. The van der Waals surface area contributed by atoms with E-state index in [-0.39, 0.29) is 5.97 Å². The first-order valence-electron chi connectivity index (χ1n) is 5.34. The molecule has 1 aromatic carbocycles. The third-order valence-corrected chi connectivity index (χ3v) is 3.11. The molecule has 2 rings (SSSR count). The molecule has 0 saturated carbocycles. The summed E-state index contributed by atoms with van der Waals surface area (Å²) in [6.45, 7) is 4.31. The highest BCUT2D eigenvalue weighted by atomic mass is 79.9. The summed E-state index contributed by atoms with van der Waals surface area (Å²) >= 11 is 3.45. The van der Waals surface area contributed by atoms with Crippen LogP contribution in [0, 0.1) is 0 Å². The summed E-state index contributed by atoms with van der Waals surface area (Å²) in [4.78, 5) is 13.4. The molecule has 0 aliphatic carbocycles. The number of hydrogen-bond donors (Lipinski definition) is 0. The number of halogens is 1. The van der Waals surface area contributed by atoms with E-state index in [2.05, 4.69) is 33.0 Å². The average molecular weight is 284 g/mol. The fourth-order valence-corrected chi connectivity index (χ4v) is 2.34. The summed E-state index contributed by atoms with van der Waals surface area (Å²) in [7, 11) is 0. The Morgan fingerprint density at radius 1 is 1.44 bits per heavy atom. The molecule has 0 N–H and O–H groups in total. The molecule has 0 saturated heterocycles. The number of benzene rings is 1. The fraction of sp³-hybridized carbons (Fsp3) is 0.417. The van der Waals surface area contributed by atoms with Gasteiger partial charge in [-0.1, -0.05) is 22.0 Å². The highest BCUT2D eigenvalue weighted by Crippen LogP contribution is 2.25. The van der Waals surface area contributed by atoms with Gasteiger partial charge in [-0.05, 0) is 30.2 Å². The molecule has 1 heterocycles. The molecule has 0 spiro atoms. The van der Waals surface area contributed by atoms with Gasteiger partial charge in [-0.25, -0.2) is 0 Å². The quantitative estimate of drug-likeness (QED) is 0.798. The molecule has 0 unspecified atom stereocenters. The molecule has 0 atom stereocenters. The minimum atomic E-state index is -0.144. The largest absolute Gasteiger partial charge is 0.465 e. The van der Waals surface area contributed by atoms with Crippen molar-refractivity contribution >= 4 is 21.9 Å². The molecule has 4 heteroatoms. The molecule has 0 amide bonds. The minimum absolute atomic E-state index is 0.144. The van der Waals surface area contributed by atoms with E-state index in [1.807, 2.05) is 13.0 Å². The topological polar surface area (TPSA) is 29.5 Å². The number of rotatable bonds is 3. The van der Waals surface area contributed by atoms with E-state index in [0.29, 0.717) is 13.2 Å². The fourth-order valence-electron chi connectivity index (χ4n) is 1.93. The van der Waals surface area contributed by atoms with E-state index >= 15 is 0 Å². The maximum absolute atomic E-state index is 11.3. The number of ether oxygens (including phenoxy) is 1. The van der Waals surface area contributed by atoms with Gasteiger partial charge in [-0.2, -0.15) is 0 Å². The number of carbonyl (C=O) groups excluding carboxylic acids is 1. The van der Waals surface area contributed by atoms with Crippen molar-refractivity contribution in [2.75, 3.05) is 13.2 Å². The van der Waals surface area contributed by atoms with E-state index in [1.165, 1.54) is 11.1 Å². The first-order chi connectivity index (χ1) is 7.69. The lowest BCUT2D eigenvalue weighted by Crippen LogP contribution is -2.26. The molecule has 1 aliphatic heterocycles. The van der Waals surface area contributed by atoms with Crippen molar-refractivity contribution in [1.82, 2.24) is 4.90 Å². The van der Waals surface area contributed by atoms with Crippen LogP contribution in [0.1, 0.15) is 18.1 Å². The maximum Gasteiger partial charge on any atom is 0.320 e. The van der Waals surface area contributed by atoms with E-state index in [9.17, 15) is 4.79 Å². The van der Waals surface area contributed by atoms with Gasteiger partial charge < -0.3 is 4.74 Å². The van der Waals surface area contributed by atoms with Crippen LogP contribution in [-0.4, -0.2) is 24.0 Å². The average Bonchev–Trinajstić information content (AvgIpc) is 2.59. The smallest absolute Gasteiger partial charge is 0.320 e. The zero-order valence-electron chi connectivity index (χ0n) is 9.20. The van der Waals surface area contributed by atoms with Crippen molar-refractivity contribution in [3.8, 4) is 0 Å². The maximum atomic E-state index is 11.3. The summed E-state index contributed by atoms with van der Waals surface area (Å²) in [6, 6.07) is 6.25. The Hall–Kier alpha value is -0.870. The molecule has 0 aromatic heterocycles. The molecule has 1 aliphatic rings. The van der Waals surface area contributed by atoms with E-state index < -0.39 is 0 Å². The number of nitrogens with zero attached hydrogens (tertiary/aromatic N) is 1. The van der Waals surface area contributed by atoms with Crippen LogP contribution in [0.2, 0.25) is 0 Å². The van der Waals surface area contributed by atoms with Crippen LogP contribution in [0.25, 0.3) is 0 Å². The van der Waals surface area contributed by atoms with Gasteiger partial charge in [0.2, 0.25) is 0 Å². The van der Waals surface area contributed by atoms with Crippen LogP contribution in [0.15, 0.2) is 22.7 Å². The summed E-state index contributed by atoms with van der Waals surface area (Å²) in [6.07, 6.45) is 0. The van der Waals surface area contributed by atoms with Gasteiger partial charge in [-0.3, -0.25) is 9.69 Å². The third kappa shape index (κ3) is 2.62. The second kappa shape index (κ2) is 4.97. The lowest BCUT2D eigenvalue weighted by molar-refractivity contribution is -0.144. The Balaban J connectivity index is 1.97. The van der Waals surface area contributed by atoms with E-state index in [4.69, 9.17) is 4.74 Å². The van der Waals surface area contributed by atoms with Crippen LogP contribution < -0.4 is 0 Å². The second-order valence-electron chi connectivity index (χ2n) is 3.86. The van der Waals surface area contributed by atoms with Crippen LogP contribution in [0.5, 0.6) is 0 Å². The van der Waals surface area contributed by atoms with Crippen molar-refractivity contribution in [3.05, 3.63) is 33.8 Å². The molecule has 0 radical (unpaired) electrons. The third-order valence-electron chi connectivity index (χ3n) is 2.61. The highest BCUT2D eigenvalue weighted by Gasteiger charge is 2.21. The molecule has 16 heavy (non-hydrogen) atoms. The van der Waals surface area contributed by atoms with Gasteiger partial charge in [0.05, 0.1) is 13.2 Å². The molecule has 86 valence electrons. The predicted octanol–water partition coefficient (Wildman–Crippen LogP) is 2.33. The number of esters is 1. The Labute approximate surface area is 104 Å². The Morgan fingerprint density at radius 3 is 2.94 bits per heavy atom. The summed E-state index contributed by atoms with van der Waals surface area (Å²) in [5.74, 6) is -0.144. The summed E-state index contributed by atoms with van der Waals surface area (Å²) in [5.41, 5.74) is 2.59. The predicted molar refractivity (Wildman–Crippen MR) is 64.9 cm³/mol. The van der Waals surface area contributed by atoms with Crippen LogP contribution in [0.3, 0.4) is 0 Å². The number of fused-ring (bicyclic) bond motifs is 1. The van der Waals surface area contributed by atoms with Crippen molar-refractivity contribution in [3.63, 3.8) is 0 Å². The molecular weight excluding hydrogens is 270 g/mol. The number of hydrogen-bond acceptors (Lipinski definition) is 3. The van der Waals surface area contributed by atoms with E-state index in [1.54, 1.807) is 0 Å². The van der Waals surface area contributed by atoms with E-state index in [0.717, 1.165) is 17.6 Å². The molecule has 0 bridgehead atoms. The summed E-state index contributed by atoms with van der Waals surface area (Å²) in [5, 5.41) is 0. The van der Waals surface area contributed by atoms with Gasteiger partial charge in [-0.15, -0.1) is 0 Å². The van der Waals surface area contributed by atoms with Gasteiger partial charge in [0, 0.05) is 17.6 Å². The van der Waals surface area contributed by atoms with Gasteiger partial charge in [0.1, 0.15) is 0 Å². The zero-order valence-corrected chi connectivity index (χ0v) is 10.8. The lowest BCUT2D eigenvalue weighted by Gasteiger charge is -2.12. The van der Waals surface area contributed by atoms with Crippen LogP contribution in [0.4, 0.5) is 0 Å². The highest BCUT2D eigenvalue weighted by molar-refractivity contribution is 9.10. The van der Waals surface area contributed by atoms with Crippen LogP contribution in [-0.2, 0) is 22.6 Å². The Kier molecular flexibility index (Phi) is 3.61. The molecule has 1 aromatic rings. The lowest BCUT2D eigenvalue weighted by atomic mass is 10.1. The zero-order chi connectivity index (χ0) is 11.5. The van der Waals surface area contributed by atoms with Crippen LogP contribution >= 0.6 is 15.9 Å². The van der Waals surface area contributed by atoms with Crippen molar-refractivity contribution < 1.29 is 9.53 Å². The molecule has 3 nitrogen and oxygen atoms in total. The van der Waals surface area contributed by atoms with Gasteiger partial charge >= 0.3 is 5.97 Å². The minimum Gasteiger partial charge on any atom is -0.465 e. The SMILES string of the molecule is CCOC(=O)CN1Cc2ccc(Br)cc2C1. The molecular formula is C12H14BrNO2. The van der Waals surface area contributed by atoms with Crippen molar-refractivity contribution in [2.24, 2.45) is 0 Å². The van der Waals surface area contributed by atoms with Gasteiger partial charge in [0.25, 0.3) is 0 Å². The Morgan fingerprint density at radius 2 is 2.19 bits per heavy atom. The van der Waals surface area contributed by atoms with Crippen molar-refractivity contribution in [2.45, 2.75) is 20.0 Å². The normalized spacial score (nSPS) is 14.9. The standard InChI is InChI=1S/C12H14BrNO2/c1-2-16-12(15)8-14-6-9-3-4-11(13)5-10(9)7-14/h3-5H,2,6-8H2,1H3. The number of carbonyl (C=O) groups is 1. The monoisotopic (exact) mass is 283 g/mol. The second-order valence-corrected chi connectivity index (χ2v) is 4.78. The molecule has 0 fully saturated rings. The first kappa shape index (κ1) is 11.6. The first-order valence-corrected chi connectivity index (χ1v) is 6.13. The van der Waals surface area contributed by atoms with Crippen molar-refractivity contribution in [1.29, 1.82) is 0 Å². The van der Waals surface area contributed by atoms with Gasteiger partial charge in [0.15, 0.2) is 0 Å². The Bertz CT molecular complexity index is 406.